The number of hydrogen-bond donors (Lipinski definition) is 4. The van der Waals surface area contributed by atoms with E-state index in [0.717, 1.165) is 5.69 Å². The molecule has 27 heavy (non-hydrogen) atoms. The number of anilines is 2. The summed E-state index contributed by atoms with van der Waals surface area (Å²) >= 11 is 5.51. The second-order valence-electron chi connectivity index (χ2n) is 5.80. The fourth-order valence-electron chi connectivity index (χ4n) is 2.21. The summed E-state index contributed by atoms with van der Waals surface area (Å²) in [4.78, 5) is 35.0. The zero-order valence-corrected chi connectivity index (χ0v) is 15.1. The summed E-state index contributed by atoms with van der Waals surface area (Å²) in [5.41, 5.74) is 1.63. The maximum absolute atomic E-state index is 12.2. The number of halogens is 1. The second kappa shape index (κ2) is 9.70. The lowest BCUT2D eigenvalue weighted by Gasteiger charge is -2.10. The maximum atomic E-state index is 12.2. The summed E-state index contributed by atoms with van der Waals surface area (Å²) in [6.45, 7) is 0.292. The molecule has 1 atom stereocenters. The van der Waals surface area contributed by atoms with Crippen LogP contribution in [0.4, 0.5) is 11.4 Å². The first-order valence-corrected chi connectivity index (χ1v) is 8.67. The van der Waals surface area contributed by atoms with E-state index in [-0.39, 0.29) is 23.6 Å². The number of nitrogens with one attached hydrogen (secondary N) is 2. The zero-order chi connectivity index (χ0) is 19.8. The molecule has 0 saturated carbocycles. The summed E-state index contributed by atoms with van der Waals surface area (Å²) in [7, 11) is 0. The van der Waals surface area contributed by atoms with E-state index in [1.54, 1.807) is 24.3 Å². The minimum Gasteiger partial charge on any atom is -0.478 e. The Morgan fingerprint density at radius 3 is 2.04 bits per heavy atom. The van der Waals surface area contributed by atoms with Gasteiger partial charge in [-0.1, -0.05) is 0 Å². The van der Waals surface area contributed by atoms with Gasteiger partial charge in [-0.25, -0.2) is 4.79 Å². The van der Waals surface area contributed by atoms with E-state index in [1.807, 2.05) is 0 Å². The van der Waals surface area contributed by atoms with Crippen LogP contribution < -0.4 is 10.6 Å². The number of aliphatic hydroxyl groups is 1. The largest absolute Gasteiger partial charge is 0.478 e. The molecule has 0 saturated heterocycles. The molecule has 2 rings (SSSR count). The van der Waals surface area contributed by atoms with Crippen molar-refractivity contribution in [2.45, 2.75) is 12.5 Å². The van der Waals surface area contributed by atoms with Crippen LogP contribution in [0.1, 0.15) is 27.1 Å². The average Bonchev–Trinajstić information content (AvgIpc) is 2.66. The molecule has 7 nitrogen and oxygen atoms in total. The van der Waals surface area contributed by atoms with Crippen molar-refractivity contribution in [1.29, 1.82) is 0 Å². The number of ketones is 1. The summed E-state index contributed by atoms with van der Waals surface area (Å²) in [5.74, 6) is -1.77. The van der Waals surface area contributed by atoms with Crippen molar-refractivity contribution in [3.05, 3.63) is 59.7 Å². The molecule has 142 valence electrons. The fourth-order valence-corrected chi connectivity index (χ4v) is 2.32. The highest BCUT2D eigenvalue weighted by molar-refractivity contribution is 6.18. The normalized spacial score (nSPS) is 11.5. The van der Waals surface area contributed by atoms with Crippen LogP contribution in [0.15, 0.2) is 48.5 Å². The van der Waals surface area contributed by atoms with Crippen LogP contribution in [0.3, 0.4) is 0 Å². The maximum Gasteiger partial charge on any atom is 0.335 e. The van der Waals surface area contributed by atoms with Crippen molar-refractivity contribution in [3.8, 4) is 0 Å². The standard InChI is InChI=1S/C19H19ClN2O5/c20-10-16(23)11-21-14-5-1-12(2-6-14)17(24)9-18(25)22-15-7-3-13(4-8-15)19(26)27/h1-8,16,21,23H,9-11H2,(H,22,25)(H,26,27). The smallest absolute Gasteiger partial charge is 0.335 e. The molecule has 8 heteroatoms. The van der Waals surface area contributed by atoms with Gasteiger partial charge in [0.25, 0.3) is 0 Å². The lowest BCUT2D eigenvalue weighted by atomic mass is 10.1. The molecule has 1 amide bonds. The Hall–Kier alpha value is -2.90. The third-order valence-corrected chi connectivity index (χ3v) is 4.02. The van der Waals surface area contributed by atoms with Gasteiger partial charge in [-0.15, -0.1) is 11.6 Å². The van der Waals surface area contributed by atoms with Crippen LogP contribution in [0.5, 0.6) is 0 Å². The monoisotopic (exact) mass is 390 g/mol. The van der Waals surface area contributed by atoms with E-state index in [1.165, 1.54) is 24.3 Å². The topological polar surface area (TPSA) is 116 Å². The van der Waals surface area contributed by atoms with Crippen molar-refractivity contribution >= 4 is 40.6 Å². The predicted octanol–water partition coefficient (Wildman–Crippen LogP) is 2.61. The number of hydrogen-bond acceptors (Lipinski definition) is 5. The Morgan fingerprint density at radius 1 is 0.926 bits per heavy atom. The van der Waals surface area contributed by atoms with Gasteiger partial charge < -0.3 is 20.8 Å². The molecule has 1 unspecified atom stereocenters. The van der Waals surface area contributed by atoms with E-state index >= 15 is 0 Å². The van der Waals surface area contributed by atoms with Gasteiger partial charge in [0.05, 0.1) is 24.0 Å². The number of Topliss-reactive ketones (excluding diaryl/α,β-unsaturated/α-hetero) is 1. The van der Waals surface area contributed by atoms with Gasteiger partial charge in [0.15, 0.2) is 5.78 Å². The molecule has 0 aliphatic rings. The quantitative estimate of drug-likeness (QED) is 0.297. The van der Waals surface area contributed by atoms with Crippen molar-refractivity contribution in [2.75, 3.05) is 23.1 Å². The molecule has 0 fully saturated rings. The van der Waals surface area contributed by atoms with Gasteiger partial charge >= 0.3 is 5.97 Å². The number of carboxylic acids is 1. The number of rotatable bonds is 9. The first-order valence-electron chi connectivity index (χ1n) is 8.13. The van der Waals surface area contributed by atoms with Crippen LogP contribution in [0, 0.1) is 0 Å². The highest BCUT2D eigenvalue weighted by Crippen LogP contribution is 2.13. The number of aliphatic hydroxyl groups excluding tert-OH is 1. The molecule has 4 N–H and O–H groups in total. The molecule has 0 aliphatic heterocycles. The minimum absolute atomic E-state index is 0.108. The Bertz CT molecular complexity index is 806. The first-order chi connectivity index (χ1) is 12.9. The molecule has 2 aromatic carbocycles. The number of amides is 1. The summed E-state index contributed by atoms with van der Waals surface area (Å²) in [6.07, 6.45) is -1.00. The molecular weight excluding hydrogens is 372 g/mol. The molecule has 0 radical (unpaired) electrons. The lowest BCUT2D eigenvalue weighted by molar-refractivity contribution is -0.115. The summed E-state index contributed by atoms with van der Waals surface area (Å²) < 4.78 is 0. The van der Waals surface area contributed by atoms with Gasteiger partial charge in [0, 0.05) is 23.5 Å². The molecular formula is C19H19ClN2O5. The molecule has 2 aromatic rings. The molecule has 0 spiro atoms. The molecule has 0 bridgehead atoms. The zero-order valence-electron chi connectivity index (χ0n) is 14.3. The fraction of sp³-hybridized carbons (Fsp3) is 0.211. The molecule has 0 aromatic heterocycles. The van der Waals surface area contributed by atoms with Crippen molar-refractivity contribution in [2.24, 2.45) is 0 Å². The summed E-state index contributed by atoms with van der Waals surface area (Å²) in [6, 6.07) is 12.2. The highest BCUT2D eigenvalue weighted by Gasteiger charge is 2.13. The van der Waals surface area contributed by atoms with E-state index in [2.05, 4.69) is 10.6 Å². The van der Waals surface area contributed by atoms with Crippen LogP contribution in [-0.2, 0) is 4.79 Å². The van der Waals surface area contributed by atoms with E-state index in [4.69, 9.17) is 16.7 Å². The van der Waals surface area contributed by atoms with Crippen molar-refractivity contribution in [3.63, 3.8) is 0 Å². The van der Waals surface area contributed by atoms with Crippen LogP contribution in [0.25, 0.3) is 0 Å². The van der Waals surface area contributed by atoms with Gasteiger partial charge in [-0.2, -0.15) is 0 Å². The number of carboxylic acid groups (broad SMARTS) is 1. The molecule has 0 heterocycles. The van der Waals surface area contributed by atoms with Crippen LogP contribution in [0.2, 0.25) is 0 Å². The van der Waals surface area contributed by atoms with Crippen molar-refractivity contribution < 1.29 is 24.6 Å². The average molecular weight is 391 g/mol. The highest BCUT2D eigenvalue weighted by atomic mass is 35.5. The lowest BCUT2D eigenvalue weighted by Crippen LogP contribution is -2.20. The van der Waals surface area contributed by atoms with E-state index < -0.39 is 18.0 Å². The van der Waals surface area contributed by atoms with Crippen molar-refractivity contribution in [1.82, 2.24) is 0 Å². The Labute approximate surface area is 161 Å². The Morgan fingerprint density at radius 2 is 1.48 bits per heavy atom. The number of benzene rings is 2. The van der Waals surface area contributed by atoms with Crippen LogP contribution in [-0.4, -0.2) is 46.4 Å². The minimum atomic E-state index is -1.06. The number of carbonyl (C=O) groups is 3. The Kier molecular flexibility index (Phi) is 7.34. The van der Waals surface area contributed by atoms with Gasteiger partial charge in [0.2, 0.25) is 5.91 Å². The van der Waals surface area contributed by atoms with Crippen LogP contribution >= 0.6 is 11.6 Å². The van der Waals surface area contributed by atoms with Gasteiger partial charge in [-0.05, 0) is 48.5 Å². The predicted molar refractivity (Wildman–Crippen MR) is 103 cm³/mol. The third kappa shape index (κ3) is 6.40. The van der Waals surface area contributed by atoms with E-state index in [0.29, 0.717) is 17.8 Å². The van der Waals surface area contributed by atoms with Gasteiger partial charge in [-0.3, -0.25) is 9.59 Å². The first kappa shape index (κ1) is 20.4. The van der Waals surface area contributed by atoms with Gasteiger partial charge in [0.1, 0.15) is 0 Å². The third-order valence-electron chi connectivity index (χ3n) is 3.66. The second-order valence-corrected chi connectivity index (χ2v) is 6.11. The summed E-state index contributed by atoms with van der Waals surface area (Å²) in [5, 5.41) is 23.8. The number of carbonyl (C=O) groups excluding carboxylic acids is 2. The Balaban J connectivity index is 1.88. The number of aromatic carboxylic acids is 1. The van der Waals surface area contributed by atoms with E-state index in [9.17, 15) is 19.5 Å². The molecule has 0 aliphatic carbocycles. The SMILES string of the molecule is O=C(CC(=O)c1ccc(NCC(O)CCl)cc1)Nc1ccc(C(=O)O)cc1. The number of alkyl halides is 1.